The lowest BCUT2D eigenvalue weighted by molar-refractivity contribution is 0.213. The van der Waals surface area contributed by atoms with Crippen LogP contribution in [0.2, 0.25) is 0 Å². The monoisotopic (exact) mass is 369 g/mol. The van der Waals surface area contributed by atoms with Crippen LogP contribution in [0.25, 0.3) is 0 Å². The number of nitrogens with one attached hydrogen (secondary N) is 1. The summed E-state index contributed by atoms with van der Waals surface area (Å²) in [5.41, 5.74) is 9.44. The lowest BCUT2D eigenvalue weighted by Crippen LogP contribution is -2.36. The summed E-state index contributed by atoms with van der Waals surface area (Å²) in [6, 6.07) is 16.8. The van der Waals surface area contributed by atoms with Crippen molar-refractivity contribution in [1.82, 2.24) is 4.90 Å². The van der Waals surface area contributed by atoms with Gasteiger partial charge in [-0.2, -0.15) is 0 Å². The second-order valence-corrected chi connectivity index (χ2v) is 7.90. The molecule has 1 aliphatic heterocycles. The summed E-state index contributed by atoms with van der Waals surface area (Å²) in [4.78, 5) is 15.6. The van der Waals surface area contributed by atoms with E-state index in [-0.39, 0.29) is 12.1 Å². The maximum Gasteiger partial charge on any atom is 0.321 e. The van der Waals surface area contributed by atoms with E-state index < -0.39 is 0 Å². The first kappa shape index (κ1) is 18.8. The molecule has 3 rings (SSSR count). The van der Waals surface area contributed by atoms with Crippen molar-refractivity contribution in [3.63, 3.8) is 0 Å². The largest absolute Gasteiger partial charge is 0.328 e. The third-order valence-electron chi connectivity index (χ3n) is 4.70. The highest BCUT2D eigenvalue weighted by molar-refractivity contribution is 7.98. The number of likely N-dealkylation sites (tertiary alicyclic amines) is 1. The topological polar surface area (TPSA) is 58.4 Å². The Hall–Kier alpha value is -1.98. The van der Waals surface area contributed by atoms with Gasteiger partial charge in [-0.1, -0.05) is 42.0 Å². The second-order valence-electron chi connectivity index (χ2n) is 6.88. The number of para-hydroxylation sites is 1. The Balaban J connectivity index is 1.62. The van der Waals surface area contributed by atoms with E-state index in [9.17, 15) is 4.79 Å². The predicted octanol–water partition coefficient (Wildman–Crippen LogP) is 4.63. The molecule has 2 amide bonds. The van der Waals surface area contributed by atoms with Gasteiger partial charge in [0, 0.05) is 29.8 Å². The number of hydrogen-bond donors (Lipinski definition) is 2. The van der Waals surface area contributed by atoms with Crippen molar-refractivity contribution in [2.75, 3.05) is 18.4 Å². The minimum absolute atomic E-state index is 0.0255. The molecule has 0 aliphatic carbocycles. The average Bonchev–Trinajstić information content (AvgIpc) is 2.87. The number of benzene rings is 2. The number of nitrogens with two attached hydrogens (primary N) is 1. The van der Waals surface area contributed by atoms with Crippen molar-refractivity contribution >= 4 is 23.5 Å². The van der Waals surface area contributed by atoms with E-state index in [1.54, 1.807) is 11.8 Å². The summed E-state index contributed by atoms with van der Waals surface area (Å²) in [7, 11) is 0. The third kappa shape index (κ3) is 5.26. The van der Waals surface area contributed by atoms with Crippen LogP contribution in [0.3, 0.4) is 0 Å². The lowest BCUT2D eigenvalue weighted by Gasteiger charge is -2.22. The van der Waals surface area contributed by atoms with Gasteiger partial charge in [0.05, 0.1) is 5.69 Å². The van der Waals surface area contributed by atoms with E-state index >= 15 is 0 Å². The Kier molecular flexibility index (Phi) is 6.58. The fourth-order valence-corrected chi connectivity index (χ4v) is 4.02. The van der Waals surface area contributed by atoms with Crippen molar-refractivity contribution in [3.8, 4) is 0 Å². The number of carbonyl (C=O) groups excluding carboxylic acids is 1. The van der Waals surface area contributed by atoms with Crippen LogP contribution >= 0.6 is 11.8 Å². The molecule has 0 aromatic heterocycles. The first-order chi connectivity index (χ1) is 12.6. The van der Waals surface area contributed by atoms with Crippen molar-refractivity contribution in [2.45, 2.75) is 42.9 Å². The van der Waals surface area contributed by atoms with Gasteiger partial charge in [-0.15, -0.1) is 11.8 Å². The smallest absolute Gasteiger partial charge is 0.321 e. The Morgan fingerprint density at radius 1 is 1.15 bits per heavy atom. The zero-order valence-corrected chi connectivity index (χ0v) is 16.1. The van der Waals surface area contributed by atoms with E-state index in [0.29, 0.717) is 0 Å². The Bertz CT molecular complexity index is 732. The normalized spacial score (nSPS) is 17.6. The molecular formula is C21H27N3OS. The van der Waals surface area contributed by atoms with Crippen LogP contribution in [0.1, 0.15) is 30.4 Å². The summed E-state index contributed by atoms with van der Waals surface area (Å²) in [5, 5.41) is 3.09. The van der Waals surface area contributed by atoms with E-state index in [0.717, 1.165) is 48.7 Å². The summed E-state index contributed by atoms with van der Waals surface area (Å²) in [6.07, 6.45) is 2.84. The number of amides is 2. The SMILES string of the molecule is Cc1ccc(CSc2ccccc2NC(=O)N2CCC[C@H](N)CC2)cc1. The highest BCUT2D eigenvalue weighted by atomic mass is 32.2. The molecule has 5 heteroatoms. The van der Waals surface area contributed by atoms with Gasteiger partial charge in [0.2, 0.25) is 0 Å². The fourth-order valence-electron chi connectivity index (χ4n) is 3.06. The summed E-state index contributed by atoms with van der Waals surface area (Å²) in [6.45, 7) is 3.60. The van der Waals surface area contributed by atoms with Gasteiger partial charge < -0.3 is 16.0 Å². The molecule has 1 heterocycles. The molecule has 1 saturated heterocycles. The molecule has 138 valence electrons. The Morgan fingerprint density at radius 2 is 1.92 bits per heavy atom. The second kappa shape index (κ2) is 9.10. The van der Waals surface area contributed by atoms with E-state index in [1.165, 1.54) is 11.1 Å². The number of aryl methyl sites for hydroxylation is 1. The van der Waals surface area contributed by atoms with E-state index in [2.05, 4.69) is 42.6 Å². The van der Waals surface area contributed by atoms with Gasteiger partial charge in [0.15, 0.2) is 0 Å². The number of hydrogen-bond acceptors (Lipinski definition) is 3. The molecule has 2 aromatic carbocycles. The van der Waals surface area contributed by atoms with Crippen molar-refractivity contribution in [1.29, 1.82) is 0 Å². The number of urea groups is 1. The first-order valence-electron chi connectivity index (χ1n) is 9.21. The molecule has 0 saturated carbocycles. The number of carbonyl (C=O) groups is 1. The highest BCUT2D eigenvalue weighted by Crippen LogP contribution is 2.30. The number of rotatable bonds is 4. The van der Waals surface area contributed by atoms with Crippen molar-refractivity contribution in [3.05, 3.63) is 59.7 Å². The standard InChI is InChI=1S/C21H27N3OS/c1-16-8-10-17(11-9-16)15-26-20-7-3-2-6-19(20)23-21(25)24-13-4-5-18(22)12-14-24/h2-3,6-11,18H,4-5,12-15,22H2,1H3,(H,23,25)/t18-/m0/s1. The van der Waals surface area contributed by atoms with Crippen molar-refractivity contribution < 1.29 is 4.79 Å². The lowest BCUT2D eigenvalue weighted by atomic mass is 10.1. The average molecular weight is 370 g/mol. The number of nitrogens with zero attached hydrogens (tertiary/aromatic N) is 1. The van der Waals surface area contributed by atoms with Crippen LogP contribution in [0, 0.1) is 6.92 Å². The zero-order valence-electron chi connectivity index (χ0n) is 15.3. The zero-order chi connectivity index (χ0) is 18.4. The minimum atomic E-state index is -0.0255. The van der Waals surface area contributed by atoms with Crippen LogP contribution in [0.15, 0.2) is 53.4 Å². The van der Waals surface area contributed by atoms with Crippen LogP contribution in [0.5, 0.6) is 0 Å². The maximum absolute atomic E-state index is 12.7. The van der Waals surface area contributed by atoms with Crippen LogP contribution in [-0.4, -0.2) is 30.1 Å². The summed E-state index contributed by atoms with van der Waals surface area (Å²) in [5.74, 6) is 0.881. The molecule has 1 aliphatic rings. The number of anilines is 1. The summed E-state index contributed by atoms with van der Waals surface area (Å²) < 4.78 is 0. The molecule has 0 radical (unpaired) electrons. The van der Waals surface area contributed by atoms with E-state index in [1.807, 2.05) is 23.1 Å². The van der Waals surface area contributed by atoms with Crippen LogP contribution in [0.4, 0.5) is 10.5 Å². The molecular weight excluding hydrogens is 342 g/mol. The quantitative estimate of drug-likeness (QED) is 0.772. The Labute approximate surface area is 160 Å². The highest BCUT2D eigenvalue weighted by Gasteiger charge is 2.19. The molecule has 0 bridgehead atoms. The molecule has 1 fully saturated rings. The Morgan fingerprint density at radius 3 is 2.73 bits per heavy atom. The van der Waals surface area contributed by atoms with Gasteiger partial charge in [-0.05, 0) is 43.9 Å². The predicted molar refractivity (Wildman–Crippen MR) is 110 cm³/mol. The molecule has 0 spiro atoms. The third-order valence-corrected chi connectivity index (χ3v) is 5.85. The molecule has 26 heavy (non-hydrogen) atoms. The van der Waals surface area contributed by atoms with E-state index in [4.69, 9.17) is 5.73 Å². The molecule has 2 aromatic rings. The summed E-state index contributed by atoms with van der Waals surface area (Å²) >= 11 is 1.75. The molecule has 1 atom stereocenters. The maximum atomic E-state index is 12.7. The van der Waals surface area contributed by atoms with Crippen molar-refractivity contribution in [2.24, 2.45) is 5.73 Å². The number of thioether (sulfide) groups is 1. The van der Waals surface area contributed by atoms with Crippen LogP contribution < -0.4 is 11.1 Å². The van der Waals surface area contributed by atoms with Crippen LogP contribution in [-0.2, 0) is 5.75 Å². The minimum Gasteiger partial charge on any atom is -0.328 e. The van der Waals surface area contributed by atoms with Gasteiger partial charge in [-0.25, -0.2) is 4.79 Å². The first-order valence-corrected chi connectivity index (χ1v) is 10.2. The molecule has 0 unspecified atom stereocenters. The van der Waals surface area contributed by atoms with Gasteiger partial charge in [-0.3, -0.25) is 0 Å². The molecule has 3 N–H and O–H groups in total. The fraction of sp³-hybridized carbons (Fsp3) is 0.381. The van der Waals surface area contributed by atoms with Gasteiger partial charge >= 0.3 is 6.03 Å². The molecule has 4 nitrogen and oxygen atoms in total. The van der Waals surface area contributed by atoms with Gasteiger partial charge in [0.25, 0.3) is 0 Å². The van der Waals surface area contributed by atoms with Gasteiger partial charge in [0.1, 0.15) is 0 Å².